The van der Waals surface area contributed by atoms with Crippen molar-refractivity contribution in [2.24, 2.45) is 0 Å². The van der Waals surface area contributed by atoms with E-state index in [4.69, 9.17) is 4.98 Å². The lowest BCUT2D eigenvalue weighted by Crippen LogP contribution is -2.34. The fraction of sp³-hybridized carbons (Fsp3) is 0.435. The summed E-state index contributed by atoms with van der Waals surface area (Å²) in [6.45, 7) is 14.3. The number of hydrogen-bond acceptors (Lipinski definition) is 5. The van der Waals surface area contributed by atoms with Crippen LogP contribution in [-0.2, 0) is 17.9 Å². The van der Waals surface area contributed by atoms with Crippen molar-refractivity contribution in [3.8, 4) is 0 Å². The van der Waals surface area contributed by atoms with Gasteiger partial charge >= 0.3 is 0 Å². The van der Waals surface area contributed by atoms with Crippen LogP contribution in [-0.4, -0.2) is 33.4 Å². The average Bonchev–Trinajstić information content (AvgIpc) is 3.00. The predicted octanol–water partition coefficient (Wildman–Crippen LogP) is 4.17. The predicted molar refractivity (Wildman–Crippen MR) is 125 cm³/mol. The molecule has 7 heteroatoms. The Morgan fingerprint density at radius 1 is 1.13 bits per heavy atom. The van der Waals surface area contributed by atoms with Crippen LogP contribution in [0.15, 0.2) is 23.0 Å². The lowest BCUT2D eigenvalue weighted by atomic mass is 10.1. The van der Waals surface area contributed by atoms with Gasteiger partial charge in [-0.05, 0) is 63.5 Å². The SMILES string of the molecule is CCN(CC)Cc1nc2sc(C)c(C)c2c(=O)n1CC(=O)Nc1cccc(C)c1C. The van der Waals surface area contributed by atoms with E-state index in [0.717, 1.165) is 45.2 Å². The fourth-order valence-corrected chi connectivity index (χ4v) is 4.56. The number of amides is 1. The van der Waals surface area contributed by atoms with E-state index in [0.29, 0.717) is 17.8 Å². The summed E-state index contributed by atoms with van der Waals surface area (Å²) in [4.78, 5) is 35.1. The van der Waals surface area contributed by atoms with Gasteiger partial charge in [0.15, 0.2) is 0 Å². The minimum absolute atomic E-state index is 0.0555. The molecule has 0 saturated carbocycles. The third-order valence-corrected chi connectivity index (χ3v) is 6.91. The van der Waals surface area contributed by atoms with Crippen molar-refractivity contribution in [2.75, 3.05) is 18.4 Å². The fourth-order valence-electron chi connectivity index (χ4n) is 3.52. The second kappa shape index (κ2) is 9.10. The van der Waals surface area contributed by atoms with Gasteiger partial charge in [-0.2, -0.15) is 0 Å². The van der Waals surface area contributed by atoms with E-state index >= 15 is 0 Å². The molecule has 2 aromatic heterocycles. The summed E-state index contributed by atoms with van der Waals surface area (Å²) < 4.78 is 1.54. The molecule has 0 radical (unpaired) electrons. The van der Waals surface area contributed by atoms with Crippen molar-refractivity contribution >= 4 is 33.1 Å². The zero-order valence-corrected chi connectivity index (χ0v) is 19.4. The third kappa shape index (κ3) is 4.32. The normalized spacial score (nSPS) is 11.4. The number of benzene rings is 1. The van der Waals surface area contributed by atoms with Crippen LogP contribution in [0.3, 0.4) is 0 Å². The first kappa shape index (κ1) is 22.2. The first-order valence-electron chi connectivity index (χ1n) is 10.3. The first-order valence-corrected chi connectivity index (χ1v) is 11.2. The van der Waals surface area contributed by atoms with Crippen LogP contribution < -0.4 is 10.9 Å². The van der Waals surface area contributed by atoms with E-state index in [-0.39, 0.29) is 18.0 Å². The number of rotatable bonds is 7. The highest BCUT2D eigenvalue weighted by Crippen LogP contribution is 2.26. The van der Waals surface area contributed by atoms with Gasteiger partial charge in [0.25, 0.3) is 5.56 Å². The van der Waals surface area contributed by atoms with Crippen LogP contribution >= 0.6 is 11.3 Å². The van der Waals surface area contributed by atoms with Gasteiger partial charge in [-0.25, -0.2) is 4.98 Å². The Balaban J connectivity index is 2.02. The second-order valence-corrected chi connectivity index (χ2v) is 8.84. The van der Waals surface area contributed by atoms with Crippen LogP contribution in [0.5, 0.6) is 0 Å². The molecule has 1 N–H and O–H groups in total. The summed E-state index contributed by atoms with van der Waals surface area (Å²) in [5.74, 6) is 0.408. The van der Waals surface area contributed by atoms with Crippen molar-refractivity contribution in [1.82, 2.24) is 14.5 Å². The molecule has 0 aliphatic carbocycles. The standard InChI is InChI=1S/C23H30N4O2S/c1-7-26(8-2)12-19-25-22-21(16(5)17(6)30-22)23(29)27(19)13-20(28)24-18-11-9-10-14(3)15(18)4/h9-11H,7-8,12-13H2,1-6H3,(H,24,28). The number of thiophene rings is 1. The number of aryl methyl sites for hydroxylation is 3. The summed E-state index contributed by atoms with van der Waals surface area (Å²) >= 11 is 1.54. The van der Waals surface area contributed by atoms with Crippen LogP contribution in [0.2, 0.25) is 0 Å². The molecule has 0 unspecified atom stereocenters. The molecule has 1 amide bonds. The molecule has 0 aliphatic rings. The molecular formula is C23H30N4O2S. The number of carbonyl (C=O) groups is 1. The Morgan fingerprint density at radius 2 is 1.83 bits per heavy atom. The molecule has 0 atom stereocenters. The molecule has 6 nitrogen and oxygen atoms in total. The molecule has 0 spiro atoms. The van der Waals surface area contributed by atoms with Gasteiger partial charge in [0, 0.05) is 10.6 Å². The van der Waals surface area contributed by atoms with E-state index in [2.05, 4.69) is 24.1 Å². The van der Waals surface area contributed by atoms with E-state index in [1.165, 1.54) is 11.3 Å². The van der Waals surface area contributed by atoms with Gasteiger partial charge in [0.2, 0.25) is 5.91 Å². The molecule has 0 fully saturated rings. The highest BCUT2D eigenvalue weighted by molar-refractivity contribution is 7.18. The number of hydrogen-bond donors (Lipinski definition) is 1. The van der Waals surface area contributed by atoms with Crippen molar-refractivity contribution in [1.29, 1.82) is 0 Å². The maximum absolute atomic E-state index is 13.4. The molecule has 30 heavy (non-hydrogen) atoms. The van der Waals surface area contributed by atoms with Gasteiger partial charge in [0.05, 0.1) is 11.9 Å². The van der Waals surface area contributed by atoms with E-state index in [1.54, 1.807) is 4.57 Å². The van der Waals surface area contributed by atoms with Crippen LogP contribution in [0.4, 0.5) is 5.69 Å². The molecule has 0 bridgehead atoms. The van der Waals surface area contributed by atoms with Crippen LogP contribution in [0.1, 0.15) is 41.2 Å². The Hall–Kier alpha value is -2.51. The van der Waals surface area contributed by atoms with Gasteiger partial charge in [0.1, 0.15) is 17.2 Å². The number of aromatic nitrogens is 2. The van der Waals surface area contributed by atoms with E-state index in [9.17, 15) is 9.59 Å². The number of nitrogens with zero attached hydrogens (tertiary/aromatic N) is 3. The lowest BCUT2D eigenvalue weighted by molar-refractivity contribution is -0.116. The smallest absolute Gasteiger partial charge is 0.263 e. The van der Waals surface area contributed by atoms with Crippen LogP contribution in [0, 0.1) is 27.7 Å². The second-order valence-electron chi connectivity index (χ2n) is 7.64. The molecule has 160 valence electrons. The van der Waals surface area contributed by atoms with Gasteiger partial charge < -0.3 is 5.32 Å². The average molecular weight is 427 g/mol. The molecule has 1 aromatic carbocycles. The molecule has 2 heterocycles. The van der Waals surface area contributed by atoms with Gasteiger partial charge in [-0.3, -0.25) is 19.1 Å². The molecule has 0 aliphatic heterocycles. The Labute approximate surface area is 181 Å². The topological polar surface area (TPSA) is 67.2 Å². The molecule has 3 aromatic rings. The van der Waals surface area contributed by atoms with Gasteiger partial charge in [-0.1, -0.05) is 26.0 Å². The summed E-state index contributed by atoms with van der Waals surface area (Å²) in [5, 5.41) is 3.59. The monoisotopic (exact) mass is 426 g/mol. The number of anilines is 1. The zero-order chi connectivity index (χ0) is 22.0. The minimum atomic E-state index is -0.225. The zero-order valence-electron chi connectivity index (χ0n) is 18.6. The van der Waals surface area contributed by atoms with Crippen molar-refractivity contribution in [3.05, 3.63) is 55.9 Å². The quantitative estimate of drug-likeness (QED) is 0.616. The highest BCUT2D eigenvalue weighted by atomic mass is 32.1. The minimum Gasteiger partial charge on any atom is -0.324 e. The van der Waals surface area contributed by atoms with Crippen molar-refractivity contribution < 1.29 is 4.79 Å². The summed E-state index contributed by atoms with van der Waals surface area (Å²) in [6, 6.07) is 5.81. The Kier molecular flexibility index (Phi) is 6.73. The summed E-state index contributed by atoms with van der Waals surface area (Å²) in [7, 11) is 0. The lowest BCUT2D eigenvalue weighted by Gasteiger charge is -2.20. The largest absolute Gasteiger partial charge is 0.324 e. The molecular weight excluding hydrogens is 396 g/mol. The summed E-state index contributed by atoms with van der Waals surface area (Å²) in [5.41, 5.74) is 3.72. The number of fused-ring (bicyclic) bond motifs is 1. The Bertz CT molecular complexity index is 1140. The third-order valence-electron chi connectivity index (χ3n) is 5.81. The maximum atomic E-state index is 13.4. The van der Waals surface area contributed by atoms with E-state index in [1.807, 2.05) is 45.9 Å². The maximum Gasteiger partial charge on any atom is 0.263 e. The number of nitrogens with one attached hydrogen (secondary N) is 1. The van der Waals surface area contributed by atoms with Gasteiger partial charge in [-0.15, -0.1) is 11.3 Å². The molecule has 0 saturated heterocycles. The number of carbonyl (C=O) groups excluding carboxylic acids is 1. The molecule has 3 rings (SSSR count). The van der Waals surface area contributed by atoms with E-state index < -0.39 is 0 Å². The highest BCUT2D eigenvalue weighted by Gasteiger charge is 2.19. The summed E-state index contributed by atoms with van der Waals surface area (Å²) in [6.07, 6.45) is 0. The van der Waals surface area contributed by atoms with Crippen LogP contribution in [0.25, 0.3) is 10.2 Å². The first-order chi connectivity index (χ1) is 14.3. The van der Waals surface area contributed by atoms with Crippen molar-refractivity contribution in [3.63, 3.8) is 0 Å². The Morgan fingerprint density at radius 3 is 2.50 bits per heavy atom. The van der Waals surface area contributed by atoms with Crippen molar-refractivity contribution in [2.45, 2.75) is 54.6 Å².